The maximum Gasteiger partial charge on any atom is 0.225 e. The Hall–Kier alpha value is -1.06. The molecule has 116 valence electrons. The van der Waals surface area contributed by atoms with Crippen LogP contribution in [0.5, 0.6) is 0 Å². The van der Waals surface area contributed by atoms with Crippen LogP contribution in [0, 0.1) is 5.92 Å². The molecule has 4 heteroatoms. The molecule has 1 aromatic carbocycles. The van der Waals surface area contributed by atoms with Gasteiger partial charge in [0.25, 0.3) is 0 Å². The number of carbonyl (C=O) groups excluding carboxylic acids is 1. The summed E-state index contributed by atoms with van der Waals surface area (Å²) in [6, 6.07) is 8.09. The third kappa shape index (κ3) is 4.21. The summed E-state index contributed by atoms with van der Waals surface area (Å²) < 4.78 is 5.06. The molecule has 3 nitrogen and oxygen atoms in total. The van der Waals surface area contributed by atoms with Gasteiger partial charge in [0.15, 0.2) is 0 Å². The summed E-state index contributed by atoms with van der Waals surface area (Å²) in [6.45, 7) is 3.61. The highest BCUT2D eigenvalue weighted by Gasteiger charge is 2.31. The highest BCUT2D eigenvalue weighted by atomic mass is 35.5. The van der Waals surface area contributed by atoms with E-state index in [-0.39, 0.29) is 17.9 Å². The van der Waals surface area contributed by atoms with E-state index in [1.165, 1.54) is 5.56 Å². The summed E-state index contributed by atoms with van der Waals surface area (Å²) >= 11 is 5.95. The Morgan fingerprint density at radius 3 is 2.81 bits per heavy atom. The van der Waals surface area contributed by atoms with Crippen LogP contribution >= 0.6 is 11.6 Å². The van der Waals surface area contributed by atoms with Crippen molar-refractivity contribution >= 4 is 17.5 Å². The number of nitrogens with zero attached hydrogens (tertiary/aromatic N) is 1. The van der Waals surface area contributed by atoms with E-state index >= 15 is 0 Å². The first kappa shape index (κ1) is 16.3. The number of ether oxygens (including phenoxy) is 1. The van der Waals surface area contributed by atoms with Crippen LogP contribution in [0.2, 0.25) is 5.02 Å². The summed E-state index contributed by atoms with van der Waals surface area (Å²) in [7, 11) is 1.70. The first-order chi connectivity index (χ1) is 10.1. The van der Waals surface area contributed by atoms with Gasteiger partial charge in [0.2, 0.25) is 5.91 Å². The second-order valence-corrected chi connectivity index (χ2v) is 6.21. The Labute approximate surface area is 132 Å². The molecule has 1 aliphatic heterocycles. The van der Waals surface area contributed by atoms with Crippen molar-refractivity contribution in [3.8, 4) is 0 Å². The van der Waals surface area contributed by atoms with Gasteiger partial charge in [0, 0.05) is 31.2 Å². The monoisotopic (exact) mass is 309 g/mol. The van der Waals surface area contributed by atoms with Crippen molar-refractivity contribution in [3.63, 3.8) is 0 Å². The van der Waals surface area contributed by atoms with Crippen LogP contribution in [0.15, 0.2) is 24.3 Å². The van der Waals surface area contributed by atoms with Crippen LogP contribution in [0.4, 0.5) is 0 Å². The van der Waals surface area contributed by atoms with E-state index in [4.69, 9.17) is 16.3 Å². The van der Waals surface area contributed by atoms with Crippen molar-refractivity contribution in [2.24, 2.45) is 5.92 Å². The van der Waals surface area contributed by atoms with Crippen molar-refractivity contribution in [1.29, 1.82) is 0 Å². The molecule has 0 spiro atoms. The largest absolute Gasteiger partial charge is 0.385 e. The molecule has 0 radical (unpaired) electrons. The van der Waals surface area contributed by atoms with E-state index in [0.717, 1.165) is 43.9 Å². The summed E-state index contributed by atoms with van der Waals surface area (Å²) in [5.41, 5.74) is 1.19. The fourth-order valence-electron chi connectivity index (χ4n) is 3.00. The van der Waals surface area contributed by atoms with Gasteiger partial charge in [0.1, 0.15) is 0 Å². The van der Waals surface area contributed by atoms with E-state index in [0.29, 0.717) is 0 Å². The van der Waals surface area contributed by atoms with E-state index in [1.54, 1.807) is 7.11 Å². The Morgan fingerprint density at radius 1 is 1.43 bits per heavy atom. The van der Waals surface area contributed by atoms with E-state index in [2.05, 4.69) is 0 Å². The molecule has 0 N–H and O–H groups in total. The third-order valence-electron chi connectivity index (χ3n) is 4.20. The highest BCUT2D eigenvalue weighted by Crippen LogP contribution is 2.34. The Bertz CT molecular complexity index is 460. The Balaban J connectivity index is 2.00. The molecule has 21 heavy (non-hydrogen) atoms. The normalized spacial score (nSPS) is 19.8. The summed E-state index contributed by atoms with van der Waals surface area (Å²) in [4.78, 5) is 14.7. The van der Waals surface area contributed by atoms with Gasteiger partial charge in [-0.2, -0.15) is 0 Å². The van der Waals surface area contributed by atoms with Gasteiger partial charge in [0.05, 0.1) is 6.04 Å². The van der Waals surface area contributed by atoms with Crippen molar-refractivity contribution in [1.82, 2.24) is 4.90 Å². The van der Waals surface area contributed by atoms with Crippen molar-refractivity contribution in [3.05, 3.63) is 34.9 Å². The minimum Gasteiger partial charge on any atom is -0.385 e. The Morgan fingerprint density at radius 2 is 2.14 bits per heavy atom. The lowest BCUT2D eigenvalue weighted by Gasteiger charge is -2.28. The molecule has 1 saturated heterocycles. The van der Waals surface area contributed by atoms with E-state index in [9.17, 15) is 4.79 Å². The lowest BCUT2D eigenvalue weighted by atomic mass is 10.0. The molecule has 0 saturated carbocycles. The third-order valence-corrected chi connectivity index (χ3v) is 4.45. The van der Waals surface area contributed by atoms with Gasteiger partial charge in [-0.05, 0) is 43.4 Å². The van der Waals surface area contributed by atoms with Crippen LogP contribution in [-0.4, -0.2) is 31.1 Å². The molecular weight excluding hydrogens is 286 g/mol. The van der Waals surface area contributed by atoms with Crippen LogP contribution in [0.1, 0.15) is 44.2 Å². The van der Waals surface area contributed by atoms with Gasteiger partial charge >= 0.3 is 0 Å². The minimum absolute atomic E-state index is 0.0630. The smallest absolute Gasteiger partial charge is 0.225 e. The number of amides is 1. The molecule has 1 aromatic rings. The van der Waals surface area contributed by atoms with Crippen molar-refractivity contribution in [2.45, 2.75) is 38.6 Å². The van der Waals surface area contributed by atoms with Crippen LogP contribution in [0.25, 0.3) is 0 Å². The molecule has 0 aromatic heterocycles. The molecule has 0 unspecified atom stereocenters. The number of likely N-dealkylation sites (tertiary alicyclic amines) is 1. The molecule has 2 atom stereocenters. The fourth-order valence-corrected chi connectivity index (χ4v) is 3.13. The maximum absolute atomic E-state index is 12.6. The number of hydrogen-bond donors (Lipinski definition) is 0. The second-order valence-electron chi connectivity index (χ2n) is 5.78. The number of hydrogen-bond acceptors (Lipinski definition) is 2. The predicted octanol–water partition coefficient (Wildman–Crippen LogP) is 4.07. The molecule has 1 heterocycles. The van der Waals surface area contributed by atoms with Crippen LogP contribution in [0.3, 0.4) is 0 Å². The zero-order valence-electron chi connectivity index (χ0n) is 12.8. The number of methoxy groups -OCH3 is 1. The predicted molar refractivity (Wildman–Crippen MR) is 85.4 cm³/mol. The lowest BCUT2D eigenvalue weighted by molar-refractivity contribution is -0.136. The quantitative estimate of drug-likeness (QED) is 0.741. The van der Waals surface area contributed by atoms with Gasteiger partial charge in [-0.1, -0.05) is 30.7 Å². The SMILES string of the molecule is COCCC[C@@H](C)C(=O)N1CCC[C@@H]1c1ccc(Cl)cc1. The highest BCUT2D eigenvalue weighted by molar-refractivity contribution is 6.30. The van der Waals surface area contributed by atoms with Gasteiger partial charge in [-0.15, -0.1) is 0 Å². The number of halogens is 1. The summed E-state index contributed by atoms with van der Waals surface area (Å²) in [5.74, 6) is 0.330. The molecule has 0 aliphatic carbocycles. The first-order valence-corrected chi connectivity index (χ1v) is 8.06. The number of rotatable bonds is 6. The second kappa shape index (κ2) is 7.81. The van der Waals surface area contributed by atoms with Crippen molar-refractivity contribution in [2.75, 3.05) is 20.3 Å². The lowest BCUT2D eigenvalue weighted by Crippen LogP contribution is -2.34. The standard InChI is InChI=1S/C17H24ClNO2/c1-13(5-4-12-21-2)17(20)19-11-3-6-16(19)14-7-9-15(18)10-8-14/h7-10,13,16H,3-6,11-12H2,1-2H3/t13-,16-/m1/s1. The topological polar surface area (TPSA) is 29.5 Å². The zero-order valence-corrected chi connectivity index (χ0v) is 13.6. The average molecular weight is 310 g/mol. The average Bonchev–Trinajstić information content (AvgIpc) is 2.96. The van der Waals surface area contributed by atoms with Crippen LogP contribution in [-0.2, 0) is 9.53 Å². The molecule has 2 rings (SSSR count). The fraction of sp³-hybridized carbons (Fsp3) is 0.588. The minimum atomic E-state index is 0.0630. The van der Waals surface area contributed by atoms with E-state index in [1.807, 2.05) is 36.1 Å². The molecule has 1 fully saturated rings. The molecule has 1 amide bonds. The number of benzene rings is 1. The maximum atomic E-state index is 12.6. The van der Waals surface area contributed by atoms with Gasteiger partial charge in [-0.3, -0.25) is 4.79 Å². The van der Waals surface area contributed by atoms with Gasteiger partial charge in [-0.25, -0.2) is 0 Å². The first-order valence-electron chi connectivity index (χ1n) is 7.68. The van der Waals surface area contributed by atoms with Crippen molar-refractivity contribution < 1.29 is 9.53 Å². The molecular formula is C17H24ClNO2. The molecule has 0 bridgehead atoms. The van der Waals surface area contributed by atoms with Crippen LogP contribution < -0.4 is 0 Å². The Kier molecular flexibility index (Phi) is 6.07. The zero-order chi connectivity index (χ0) is 15.2. The summed E-state index contributed by atoms with van der Waals surface area (Å²) in [6.07, 6.45) is 3.93. The van der Waals surface area contributed by atoms with Gasteiger partial charge < -0.3 is 9.64 Å². The summed E-state index contributed by atoms with van der Waals surface area (Å²) in [5, 5.41) is 0.738. The molecule has 1 aliphatic rings. The van der Waals surface area contributed by atoms with E-state index < -0.39 is 0 Å². The number of carbonyl (C=O) groups is 1.